The van der Waals surface area contributed by atoms with Crippen molar-refractivity contribution in [1.29, 1.82) is 0 Å². The van der Waals surface area contributed by atoms with Crippen LogP contribution in [0.2, 0.25) is 0 Å². The molecule has 0 nitrogen and oxygen atoms in total. The van der Waals surface area contributed by atoms with Gasteiger partial charge in [0, 0.05) is 9.80 Å². The van der Waals surface area contributed by atoms with E-state index >= 15 is 0 Å². The van der Waals surface area contributed by atoms with Crippen molar-refractivity contribution in [3.63, 3.8) is 0 Å². The normalized spacial score (nSPS) is 9.90. The summed E-state index contributed by atoms with van der Waals surface area (Å²) in [7, 11) is 0. The Morgan fingerprint density at radius 1 is 1.40 bits per heavy atom. The Labute approximate surface area is 77.9 Å². The molecule has 0 heterocycles. The third-order valence-electron chi connectivity index (χ3n) is 1.42. The number of aryl methyl sites for hydroxylation is 1. The van der Waals surface area contributed by atoms with E-state index in [1.54, 1.807) is 0 Å². The molecule has 0 amide bonds. The van der Waals surface area contributed by atoms with Gasteiger partial charge in [0.05, 0.1) is 0 Å². The summed E-state index contributed by atoms with van der Waals surface area (Å²) in [4.78, 5) is 0. The summed E-state index contributed by atoms with van der Waals surface area (Å²) < 4.78 is 1.21. The SMILES string of the molecule is Cc1cccc(CBr)c1Br. The summed E-state index contributed by atoms with van der Waals surface area (Å²) in [5, 5.41) is 0.912. The van der Waals surface area contributed by atoms with Crippen LogP contribution in [0.5, 0.6) is 0 Å². The van der Waals surface area contributed by atoms with E-state index in [1.807, 2.05) is 0 Å². The highest BCUT2D eigenvalue weighted by molar-refractivity contribution is 9.10. The van der Waals surface area contributed by atoms with Crippen LogP contribution in [0.1, 0.15) is 11.1 Å². The molecule has 0 atom stereocenters. The second-order valence-electron chi connectivity index (χ2n) is 2.18. The van der Waals surface area contributed by atoms with Crippen molar-refractivity contribution < 1.29 is 0 Å². The summed E-state index contributed by atoms with van der Waals surface area (Å²) in [5.41, 5.74) is 2.59. The molecule has 54 valence electrons. The first-order chi connectivity index (χ1) is 4.75. The molecule has 0 unspecified atom stereocenters. The number of hydrogen-bond donors (Lipinski definition) is 0. The highest BCUT2D eigenvalue weighted by Gasteiger charge is 1.98. The van der Waals surface area contributed by atoms with Gasteiger partial charge in [-0.15, -0.1) is 0 Å². The van der Waals surface area contributed by atoms with Crippen LogP contribution in [-0.4, -0.2) is 0 Å². The molecule has 10 heavy (non-hydrogen) atoms. The maximum atomic E-state index is 3.51. The van der Waals surface area contributed by atoms with Crippen molar-refractivity contribution in [2.24, 2.45) is 0 Å². The third-order valence-corrected chi connectivity index (χ3v) is 3.15. The molecule has 2 heteroatoms. The fourth-order valence-corrected chi connectivity index (χ4v) is 2.06. The molecule has 0 aliphatic carbocycles. The molecule has 0 bridgehead atoms. The van der Waals surface area contributed by atoms with Gasteiger partial charge in [0.15, 0.2) is 0 Å². The Morgan fingerprint density at radius 2 is 2.10 bits per heavy atom. The maximum absolute atomic E-state index is 3.51. The van der Waals surface area contributed by atoms with Crippen molar-refractivity contribution in [3.8, 4) is 0 Å². The van der Waals surface area contributed by atoms with Crippen LogP contribution in [0.25, 0.3) is 0 Å². The molecule has 0 saturated carbocycles. The fourth-order valence-electron chi connectivity index (χ4n) is 0.811. The van der Waals surface area contributed by atoms with E-state index in [4.69, 9.17) is 0 Å². The van der Waals surface area contributed by atoms with Gasteiger partial charge in [0.25, 0.3) is 0 Å². The minimum Gasteiger partial charge on any atom is -0.0876 e. The monoisotopic (exact) mass is 262 g/mol. The lowest BCUT2D eigenvalue weighted by Gasteiger charge is -2.01. The lowest BCUT2D eigenvalue weighted by atomic mass is 10.2. The molecule has 1 aromatic carbocycles. The standard InChI is InChI=1S/C8H8Br2/c1-6-3-2-4-7(5-9)8(6)10/h2-4H,5H2,1H3. The van der Waals surface area contributed by atoms with Gasteiger partial charge in [-0.1, -0.05) is 50.1 Å². The van der Waals surface area contributed by atoms with Gasteiger partial charge >= 0.3 is 0 Å². The van der Waals surface area contributed by atoms with Crippen LogP contribution in [0.15, 0.2) is 22.7 Å². The minimum atomic E-state index is 0.912. The number of halogens is 2. The van der Waals surface area contributed by atoms with E-state index in [2.05, 4.69) is 57.0 Å². The van der Waals surface area contributed by atoms with Crippen LogP contribution in [0.4, 0.5) is 0 Å². The quantitative estimate of drug-likeness (QED) is 0.679. The summed E-state index contributed by atoms with van der Waals surface area (Å²) >= 11 is 6.92. The zero-order valence-electron chi connectivity index (χ0n) is 5.70. The van der Waals surface area contributed by atoms with Gasteiger partial charge < -0.3 is 0 Å². The Kier molecular flexibility index (Phi) is 2.93. The Morgan fingerprint density at radius 3 is 2.60 bits per heavy atom. The molecule has 0 radical (unpaired) electrons. The predicted octanol–water partition coefficient (Wildman–Crippen LogP) is 3.65. The zero-order chi connectivity index (χ0) is 7.56. The van der Waals surface area contributed by atoms with Crippen molar-refractivity contribution in [1.82, 2.24) is 0 Å². The minimum absolute atomic E-state index is 0.912. The van der Waals surface area contributed by atoms with E-state index in [9.17, 15) is 0 Å². The van der Waals surface area contributed by atoms with Gasteiger partial charge in [-0.25, -0.2) is 0 Å². The van der Waals surface area contributed by atoms with Crippen molar-refractivity contribution in [2.45, 2.75) is 12.3 Å². The molecule has 0 aliphatic rings. The summed E-state index contributed by atoms with van der Waals surface area (Å²) in [6.45, 7) is 2.09. The predicted molar refractivity (Wildman–Crippen MR) is 51.5 cm³/mol. The van der Waals surface area contributed by atoms with Gasteiger partial charge in [-0.3, -0.25) is 0 Å². The lowest BCUT2D eigenvalue weighted by Crippen LogP contribution is -1.82. The summed E-state index contributed by atoms with van der Waals surface area (Å²) in [5.74, 6) is 0. The van der Waals surface area contributed by atoms with Gasteiger partial charge in [-0.2, -0.15) is 0 Å². The molecule has 0 aromatic heterocycles. The first-order valence-electron chi connectivity index (χ1n) is 3.05. The van der Waals surface area contributed by atoms with E-state index in [-0.39, 0.29) is 0 Å². The maximum Gasteiger partial charge on any atom is 0.0294 e. The molecule has 0 spiro atoms. The van der Waals surface area contributed by atoms with Gasteiger partial charge in [0.2, 0.25) is 0 Å². The van der Waals surface area contributed by atoms with Gasteiger partial charge in [0.1, 0.15) is 0 Å². The molecule has 1 rings (SSSR count). The Balaban J connectivity index is 3.14. The van der Waals surface area contributed by atoms with E-state index in [0.717, 1.165) is 5.33 Å². The van der Waals surface area contributed by atoms with Crippen LogP contribution in [-0.2, 0) is 5.33 Å². The summed E-state index contributed by atoms with van der Waals surface area (Å²) in [6.07, 6.45) is 0. The third kappa shape index (κ3) is 1.61. The first-order valence-corrected chi connectivity index (χ1v) is 4.97. The Hall–Kier alpha value is 0.180. The van der Waals surface area contributed by atoms with Crippen LogP contribution >= 0.6 is 31.9 Å². The number of benzene rings is 1. The largest absolute Gasteiger partial charge is 0.0876 e. The highest BCUT2D eigenvalue weighted by atomic mass is 79.9. The highest BCUT2D eigenvalue weighted by Crippen LogP contribution is 2.22. The smallest absolute Gasteiger partial charge is 0.0294 e. The molecule has 0 fully saturated rings. The van der Waals surface area contributed by atoms with Crippen LogP contribution in [0, 0.1) is 6.92 Å². The second kappa shape index (κ2) is 3.54. The molecular weight excluding hydrogens is 256 g/mol. The van der Waals surface area contributed by atoms with E-state index < -0.39 is 0 Å². The van der Waals surface area contributed by atoms with E-state index in [0.29, 0.717) is 0 Å². The Bertz CT molecular complexity index is 231. The average molecular weight is 264 g/mol. The number of rotatable bonds is 1. The molecular formula is C8H8Br2. The number of hydrogen-bond acceptors (Lipinski definition) is 0. The molecule has 0 saturated heterocycles. The summed E-state index contributed by atoms with van der Waals surface area (Å²) in [6, 6.07) is 6.26. The zero-order valence-corrected chi connectivity index (χ0v) is 8.87. The molecule has 0 N–H and O–H groups in total. The van der Waals surface area contributed by atoms with Crippen molar-refractivity contribution in [2.75, 3.05) is 0 Å². The first kappa shape index (κ1) is 8.28. The van der Waals surface area contributed by atoms with Crippen molar-refractivity contribution >= 4 is 31.9 Å². The fraction of sp³-hybridized carbons (Fsp3) is 0.250. The van der Waals surface area contributed by atoms with Crippen LogP contribution < -0.4 is 0 Å². The van der Waals surface area contributed by atoms with Gasteiger partial charge in [-0.05, 0) is 18.1 Å². The van der Waals surface area contributed by atoms with Crippen LogP contribution in [0.3, 0.4) is 0 Å². The van der Waals surface area contributed by atoms with E-state index in [1.165, 1.54) is 15.6 Å². The topological polar surface area (TPSA) is 0 Å². The molecule has 0 aliphatic heterocycles. The lowest BCUT2D eigenvalue weighted by molar-refractivity contribution is 1.33. The average Bonchev–Trinajstić information content (AvgIpc) is 1.95. The number of alkyl halides is 1. The molecule has 1 aromatic rings. The second-order valence-corrected chi connectivity index (χ2v) is 3.54. The van der Waals surface area contributed by atoms with Crippen molar-refractivity contribution in [3.05, 3.63) is 33.8 Å².